The van der Waals surface area contributed by atoms with Crippen LogP contribution in [-0.4, -0.2) is 12.6 Å². The van der Waals surface area contributed by atoms with Crippen molar-refractivity contribution in [3.8, 4) is 5.75 Å². The molecule has 0 amide bonds. The molecule has 0 bridgehead atoms. The van der Waals surface area contributed by atoms with E-state index in [4.69, 9.17) is 10.5 Å². The molecule has 1 aromatic rings. The van der Waals surface area contributed by atoms with Crippen LogP contribution >= 0.6 is 12.4 Å². The molecule has 0 unspecified atom stereocenters. The van der Waals surface area contributed by atoms with Crippen molar-refractivity contribution >= 4 is 12.4 Å². The summed E-state index contributed by atoms with van der Waals surface area (Å²) in [6.07, 6.45) is 3.33. The smallest absolute Gasteiger partial charge is 0.118 e. The van der Waals surface area contributed by atoms with E-state index in [1.807, 2.05) is 12.1 Å². The Labute approximate surface area is 90.9 Å². The molecular formula is C11H16ClNO. The number of halogens is 1. The van der Waals surface area contributed by atoms with Gasteiger partial charge in [-0.25, -0.2) is 0 Å². The van der Waals surface area contributed by atoms with Gasteiger partial charge in [0.2, 0.25) is 0 Å². The molecular weight excluding hydrogens is 198 g/mol. The van der Waals surface area contributed by atoms with Crippen molar-refractivity contribution in [3.63, 3.8) is 0 Å². The SMILES string of the molecule is COc1ccc(CC2(N)CC2)cc1.Cl. The van der Waals surface area contributed by atoms with Gasteiger partial charge >= 0.3 is 0 Å². The zero-order valence-corrected chi connectivity index (χ0v) is 9.14. The summed E-state index contributed by atoms with van der Waals surface area (Å²) in [6.45, 7) is 0. The molecule has 2 N–H and O–H groups in total. The van der Waals surface area contributed by atoms with Gasteiger partial charge in [-0.2, -0.15) is 0 Å². The Balaban J connectivity index is 0.000000980. The molecule has 3 heteroatoms. The number of nitrogens with two attached hydrogens (primary N) is 1. The van der Waals surface area contributed by atoms with Crippen molar-refractivity contribution in [1.29, 1.82) is 0 Å². The van der Waals surface area contributed by atoms with Crippen LogP contribution in [0, 0.1) is 0 Å². The van der Waals surface area contributed by atoms with Gasteiger partial charge in [-0.15, -0.1) is 12.4 Å². The van der Waals surface area contributed by atoms with Crippen LogP contribution in [0.3, 0.4) is 0 Å². The largest absolute Gasteiger partial charge is 0.497 e. The minimum absolute atomic E-state index is 0. The van der Waals surface area contributed by atoms with E-state index in [1.54, 1.807) is 7.11 Å². The van der Waals surface area contributed by atoms with Crippen LogP contribution in [0.1, 0.15) is 18.4 Å². The molecule has 1 fully saturated rings. The lowest BCUT2D eigenvalue weighted by Gasteiger charge is -2.08. The maximum atomic E-state index is 6.02. The first-order valence-corrected chi connectivity index (χ1v) is 4.64. The van der Waals surface area contributed by atoms with Crippen LogP contribution in [-0.2, 0) is 6.42 Å². The van der Waals surface area contributed by atoms with E-state index in [9.17, 15) is 0 Å². The fourth-order valence-electron chi connectivity index (χ4n) is 1.49. The summed E-state index contributed by atoms with van der Waals surface area (Å²) in [7, 11) is 1.68. The van der Waals surface area contributed by atoms with Gasteiger partial charge in [0.15, 0.2) is 0 Å². The molecule has 2 rings (SSSR count). The summed E-state index contributed by atoms with van der Waals surface area (Å²) in [6, 6.07) is 8.15. The summed E-state index contributed by atoms with van der Waals surface area (Å²) in [5.41, 5.74) is 7.43. The summed E-state index contributed by atoms with van der Waals surface area (Å²) < 4.78 is 5.08. The highest BCUT2D eigenvalue weighted by molar-refractivity contribution is 5.85. The number of methoxy groups -OCH3 is 1. The van der Waals surface area contributed by atoms with E-state index in [1.165, 1.54) is 18.4 Å². The van der Waals surface area contributed by atoms with Crippen LogP contribution in [0.4, 0.5) is 0 Å². The first-order valence-electron chi connectivity index (χ1n) is 4.64. The van der Waals surface area contributed by atoms with Gasteiger partial charge in [0.25, 0.3) is 0 Å². The van der Waals surface area contributed by atoms with Crippen molar-refractivity contribution < 1.29 is 4.74 Å². The van der Waals surface area contributed by atoms with Crippen LogP contribution in [0.2, 0.25) is 0 Å². The predicted molar refractivity (Wildman–Crippen MR) is 60.1 cm³/mol. The first-order chi connectivity index (χ1) is 6.22. The average Bonchev–Trinajstić information content (AvgIpc) is 2.85. The Hall–Kier alpha value is -0.730. The molecule has 0 saturated heterocycles. The third-order valence-corrected chi connectivity index (χ3v) is 2.61. The topological polar surface area (TPSA) is 35.2 Å². The van der Waals surface area contributed by atoms with E-state index in [-0.39, 0.29) is 17.9 Å². The van der Waals surface area contributed by atoms with Crippen molar-refractivity contribution in [1.82, 2.24) is 0 Å². The normalized spacial score (nSPS) is 17.0. The molecule has 1 aliphatic rings. The van der Waals surface area contributed by atoms with Gasteiger partial charge in [-0.3, -0.25) is 0 Å². The number of ether oxygens (including phenoxy) is 1. The second-order valence-corrected chi connectivity index (χ2v) is 3.89. The lowest BCUT2D eigenvalue weighted by atomic mass is 10.1. The fraction of sp³-hybridized carbons (Fsp3) is 0.455. The first kappa shape index (κ1) is 11.3. The highest BCUT2D eigenvalue weighted by Gasteiger charge is 2.37. The Morgan fingerprint density at radius 3 is 2.29 bits per heavy atom. The average molecular weight is 214 g/mol. The van der Waals surface area contributed by atoms with Crippen LogP contribution in [0.5, 0.6) is 5.75 Å². The van der Waals surface area contributed by atoms with Gasteiger partial charge in [0, 0.05) is 5.54 Å². The zero-order chi connectivity index (χ0) is 9.31. The predicted octanol–water partition coefficient (Wildman–Crippen LogP) is 2.15. The highest BCUT2D eigenvalue weighted by Crippen LogP contribution is 2.35. The highest BCUT2D eigenvalue weighted by atomic mass is 35.5. The maximum absolute atomic E-state index is 6.02. The number of benzene rings is 1. The lowest BCUT2D eigenvalue weighted by Crippen LogP contribution is -2.24. The molecule has 1 aliphatic carbocycles. The lowest BCUT2D eigenvalue weighted by molar-refractivity contribution is 0.414. The zero-order valence-electron chi connectivity index (χ0n) is 8.32. The summed E-state index contributed by atoms with van der Waals surface area (Å²) >= 11 is 0. The Bertz CT molecular complexity index is 293. The van der Waals surface area contributed by atoms with Gasteiger partial charge in [-0.05, 0) is 37.0 Å². The molecule has 0 radical (unpaired) electrons. The van der Waals surface area contributed by atoms with Crippen molar-refractivity contribution in [2.75, 3.05) is 7.11 Å². The fourth-order valence-corrected chi connectivity index (χ4v) is 1.49. The van der Waals surface area contributed by atoms with Gasteiger partial charge in [-0.1, -0.05) is 12.1 Å². The number of hydrogen-bond donors (Lipinski definition) is 1. The standard InChI is InChI=1S/C11H15NO.ClH/c1-13-10-4-2-9(3-5-10)8-11(12)6-7-11;/h2-5H,6-8,12H2,1H3;1H. The van der Waals surface area contributed by atoms with Crippen molar-refractivity contribution in [3.05, 3.63) is 29.8 Å². The third-order valence-electron chi connectivity index (χ3n) is 2.61. The molecule has 0 heterocycles. The third kappa shape index (κ3) is 2.63. The molecule has 1 aromatic carbocycles. The quantitative estimate of drug-likeness (QED) is 0.835. The van der Waals surface area contributed by atoms with Crippen molar-refractivity contribution in [2.24, 2.45) is 5.73 Å². The summed E-state index contributed by atoms with van der Waals surface area (Å²) in [4.78, 5) is 0. The monoisotopic (exact) mass is 213 g/mol. The molecule has 78 valence electrons. The number of hydrogen-bond acceptors (Lipinski definition) is 2. The van der Waals surface area contributed by atoms with E-state index in [0.29, 0.717) is 0 Å². The van der Waals surface area contributed by atoms with E-state index < -0.39 is 0 Å². The Morgan fingerprint density at radius 2 is 1.86 bits per heavy atom. The minimum Gasteiger partial charge on any atom is -0.497 e. The summed E-state index contributed by atoms with van der Waals surface area (Å²) in [5, 5.41) is 0. The molecule has 14 heavy (non-hydrogen) atoms. The van der Waals surface area contributed by atoms with Gasteiger partial charge in [0.05, 0.1) is 7.11 Å². The van der Waals surface area contributed by atoms with E-state index in [0.717, 1.165) is 12.2 Å². The molecule has 0 aliphatic heterocycles. The van der Waals surface area contributed by atoms with Gasteiger partial charge in [0.1, 0.15) is 5.75 Å². The second kappa shape index (κ2) is 4.20. The minimum atomic E-state index is 0. The van der Waals surface area contributed by atoms with Crippen LogP contribution in [0.15, 0.2) is 24.3 Å². The van der Waals surface area contributed by atoms with Crippen LogP contribution < -0.4 is 10.5 Å². The molecule has 0 atom stereocenters. The molecule has 0 spiro atoms. The van der Waals surface area contributed by atoms with E-state index in [2.05, 4.69) is 12.1 Å². The Kier molecular flexibility index (Phi) is 3.40. The van der Waals surface area contributed by atoms with Gasteiger partial charge < -0.3 is 10.5 Å². The second-order valence-electron chi connectivity index (χ2n) is 3.89. The Morgan fingerprint density at radius 1 is 1.29 bits per heavy atom. The van der Waals surface area contributed by atoms with Crippen molar-refractivity contribution in [2.45, 2.75) is 24.8 Å². The van der Waals surface area contributed by atoms with Crippen LogP contribution in [0.25, 0.3) is 0 Å². The van der Waals surface area contributed by atoms with E-state index >= 15 is 0 Å². The summed E-state index contributed by atoms with van der Waals surface area (Å²) in [5.74, 6) is 0.908. The molecule has 2 nitrogen and oxygen atoms in total. The maximum Gasteiger partial charge on any atom is 0.118 e. The number of rotatable bonds is 3. The molecule has 0 aromatic heterocycles. The molecule has 1 saturated carbocycles.